The molecule has 3 atom stereocenters. The third kappa shape index (κ3) is 5.15. The van der Waals surface area contributed by atoms with E-state index in [1.165, 1.54) is 6.92 Å². The number of amides is 2. The molecule has 0 saturated carbocycles. The number of nitrogens with one attached hydrogen (secondary N) is 1. The minimum Gasteiger partial charge on any atom is -0.322 e. The molecule has 1 aliphatic carbocycles. The average molecular weight is 643 g/mol. The van der Waals surface area contributed by atoms with E-state index < -0.39 is 6.04 Å². The number of ketones is 1. The van der Waals surface area contributed by atoms with Gasteiger partial charge in [-0.25, -0.2) is 15.0 Å². The van der Waals surface area contributed by atoms with Crippen LogP contribution >= 0.6 is 15.9 Å². The smallest absolute Gasteiger partial charge is 0.248 e. The maximum atomic E-state index is 14.0. The maximum absolute atomic E-state index is 14.0. The van der Waals surface area contributed by atoms with E-state index in [2.05, 4.69) is 54.3 Å². The second-order valence-corrected chi connectivity index (χ2v) is 12.7. The summed E-state index contributed by atoms with van der Waals surface area (Å²) >= 11 is 3.36. The fraction of sp³-hybridized carbons (Fsp3) is 0.344. The second-order valence-electron chi connectivity index (χ2n) is 11.9. The summed E-state index contributed by atoms with van der Waals surface area (Å²) in [5.41, 5.74) is 3.13. The summed E-state index contributed by atoms with van der Waals surface area (Å²) in [6, 6.07) is 8.44. The SMILES string of the molecule is CC(=O)c1nn(CC(=O)N2[C@H](C(=O)Nc3nc(Br)ccc3C)C[C@@]3(C)C=C[C@@H]23)c2ccc(-c3cnc(C(C)C)nc3)cc12. The van der Waals surface area contributed by atoms with E-state index in [1.54, 1.807) is 22.0 Å². The number of nitrogens with zero attached hydrogens (tertiary/aromatic N) is 6. The Bertz CT molecular complexity index is 1810. The van der Waals surface area contributed by atoms with Crippen LogP contribution in [0.2, 0.25) is 0 Å². The fourth-order valence-corrected chi connectivity index (χ4v) is 6.24. The van der Waals surface area contributed by atoms with Crippen molar-refractivity contribution in [3.8, 4) is 11.1 Å². The van der Waals surface area contributed by atoms with Crippen molar-refractivity contribution in [1.29, 1.82) is 0 Å². The molecule has 0 bridgehead atoms. The third-order valence-corrected chi connectivity index (χ3v) is 8.83. The molecule has 3 aromatic heterocycles. The van der Waals surface area contributed by atoms with E-state index in [1.807, 2.05) is 57.2 Å². The molecule has 0 radical (unpaired) electrons. The number of carbonyl (C=O) groups is 3. The number of aromatic nitrogens is 5. The molecule has 10 nitrogen and oxygen atoms in total. The largest absolute Gasteiger partial charge is 0.322 e. The van der Waals surface area contributed by atoms with Crippen molar-refractivity contribution in [3.05, 3.63) is 76.6 Å². The first-order valence-corrected chi connectivity index (χ1v) is 15.0. The van der Waals surface area contributed by atoms with E-state index in [0.717, 1.165) is 22.5 Å². The Labute approximate surface area is 257 Å². The highest BCUT2D eigenvalue weighted by molar-refractivity contribution is 9.10. The number of rotatable bonds is 7. The number of halogens is 1. The molecule has 2 amide bonds. The van der Waals surface area contributed by atoms with E-state index in [4.69, 9.17) is 0 Å². The molecular formula is C32H32BrN7O3. The van der Waals surface area contributed by atoms with Crippen LogP contribution in [0, 0.1) is 12.3 Å². The molecule has 1 saturated heterocycles. The Kier molecular flexibility index (Phi) is 7.24. The Hall–Kier alpha value is -4.25. The Morgan fingerprint density at radius 2 is 1.86 bits per heavy atom. The summed E-state index contributed by atoms with van der Waals surface area (Å²) in [4.78, 5) is 55.2. The molecule has 0 unspecified atom stereocenters. The van der Waals surface area contributed by atoms with Crippen LogP contribution in [0.3, 0.4) is 0 Å². The van der Waals surface area contributed by atoms with Crippen molar-refractivity contribution >= 4 is 50.2 Å². The van der Waals surface area contributed by atoms with Gasteiger partial charge in [0.05, 0.1) is 11.6 Å². The van der Waals surface area contributed by atoms with Gasteiger partial charge in [0.25, 0.3) is 0 Å². The first-order valence-electron chi connectivity index (χ1n) is 14.2. The molecule has 6 rings (SSSR count). The molecule has 4 aromatic rings. The number of fused-ring (bicyclic) bond motifs is 2. The number of hydrogen-bond acceptors (Lipinski definition) is 7. The zero-order valence-corrected chi connectivity index (χ0v) is 26.2. The first kappa shape index (κ1) is 28.9. The van der Waals surface area contributed by atoms with Gasteiger partial charge in [0, 0.05) is 41.6 Å². The number of carbonyl (C=O) groups excluding carboxylic acids is 3. The zero-order valence-electron chi connectivity index (χ0n) is 24.6. The summed E-state index contributed by atoms with van der Waals surface area (Å²) in [5, 5.41) is 8.14. The number of aryl methyl sites for hydroxylation is 1. The van der Waals surface area contributed by atoms with Crippen LogP contribution < -0.4 is 5.32 Å². The second kappa shape index (κ2) is 10.8. The number of pyridine rings is 1. The Balaban J connectivity index is 1.30. The zero-order chi connectivity index (χ0) is 30.6. The predicted molar refractivity (Wildman–Crippen MR) is 166 cm³/mol. The van der Waals surface area contributed by atoms with Crippen molar-refractivity contribution in [3.63, 3.8) is 0 Å². The van der Waals surface area contributed by atoms with Crippen molar-refractivity contribution in [2.75, 3.05) is 5.32 Å². The van der Waals surface area contributed by atoms with Gasteiger partial charge in [0.1, 0.15) is 34.5 Å². The van der Waals surface area contributed by atoms with Gasteiger partial charge in [0.2, 0.25) is 11.8 Å². The van der Waals surface area contributed by atoms with Gasteiger partial charge in [-0.15, -0.1) is 0 Å². The molecule has 1 N–H and O–H groups in total. The lowest BCUT2D eigenvalue weighted by molar-refractivity contribution is -0.139. The molecule has 1 aromatic carbocycles. The lowest BCUT2D eigenvalue weighted by Gasteiger charge is -2.38. The highest BCUT2D eigenvalue weighted by Gasteiger charge is 2.55. The Morgan fingerprint density at radius 1 is 1.12 bits per heavy atom. The van der Waals surface area contributed by atoms with Crippen molar-refractivity contribution in [2.24, 2.45) is 5.41 Å². The average Bonchev–Trinajstić information content (AvgIpc) is 3.43. The number of hydrogen-bond donors (Lipinski definition) is 1. The lowest BCUT2D eigenvalue weighted by Crippen LogP contribution is -2.50. The van der Waals surface area contributed by atoms with Crippen molar-refractivity contribution in [1.82, 2.24) is 29.6 Å². The van der Waals surface area contributed by atoms with E-state index >= 15 is 0 Å². The normalized spacial score (nSPS) is 20.8. The molecule has 1 fully saturated rings. The molecule has 0 spiro atoms. The highest BCUT2D eigenvalue weighted by Crippen LogP contribution is 2.49. The summed E-state index contributed by atoms with van der Waals surface area (Å²) < 4.78 is 2.17. The molecule has 11 heteroatoms. The van der Waals surface area contributed by atoms with E-state index in [0.29, 0.717) is 27.7 Å². The minimum atomic E-state index is -0.688. The van der Waals surface area contributed by atoms with Gasteiger partial charge >= 0.3 is 0 Å². The van der Waals surface area contributed by atoms with E-state index in [-0.39, 0.29) is 47.2 Å². The number of benzene rings is 1. The standard InChI is InChI=1S/C32H32BrN7O3/c1-17(2)29-34-14-21(15-35-29)20-7-8-23-22(12-20)28(19(4)41)38-39(23)16-27(42)40-24(13-32(5)11-10-25(32)40)31(43)37-30-18(3)6-9-26(33)36-30/h6-12,14-15,17,24-25H,13,16H2,1-5H3,(H,36,37,43)/t24-,25+,32+/m0/s1. The maximum Gasteiger partial charge on any atom is 0.248 e. The third-order valence-electron chi connectivity index (χ3n) is 8.39. The minimum absolute atomic E-state index is 0.117. The lowest BCUT2D eigenvalue weighted by atomic mass is 9.73. The molecule has 2 aliphatic rings. The molecule has 220 valence electrons. The van der Waals surface area contributed by atoms with Crippen LogP contribution in [0.1, 0.15) is 61.9 Å². The molecule has 1 aliphatic heterocycles. The molecule has 43 heavy (non-hydrogen) atoms. The van der Waals surface area contributed by atoms with Crippen LogP contribution in [0.5, 0.6) is 0 Å². The van der Waals surface area contributed by atoms with Crippen LogP contribution in [-0.2, 0) is 16.1 Å². The van der Waals surface area contributed by atoms with Gasteiger partial charge < -0.3 is 10.2 Å². The summed E-state index contributed by atoms with van der Waals surface area (Å²) in [7, 11) is 0. The van der Waals surface area contributed by atoms with Crippen molar-refractivity contribution < 1.29 is 14.4 Å². The van der Waals surface area contributed by atoms with Crippen LogP contribution in [0.25, 0.3) is 22.0 Å². The van der Waals surface area contributed by atoms with Crippen molar-refractivity contribution in [2.45, 2.75) is 65.6 Å². The van der Waals surface area contributed by atoms with Gasteiger partial charge in [-0.05, 0) is 58.6 Å². The quantitative estimate of drug-likeness (QED) is 0.161. The molecule has 4 heterocycles. The summed E-state index contributed by atoms with van der Waals surface area (Å²) in [6.45, 7) is 9.35. The summed E-state index contributed by atoms with van der Waals surface area (Å²) in [5.74, 6) is 0.684. The van der Waals surface area contributed by atoms with Gasteiger partial charge in [-0.3, -0.25) is 19.1 Å². The van der Waals surface area contributed by atoms with E-state index in [9.17, 15) is 14.4 Å². The van der Waals surface area contributed by atoms with Crippen LogP contribution in [0.15, 0.2) is 59.5 Å². The monoisotopic (exact) mass is 641 g/mol. The van der Waals surface area contributed by atoms with Gasteiger partial charge in [-0.2, -0.15) is 5.10 Å². The number of Topliss-reactive ketones (excluding diaryl/α,β-unsaturated/α-hetero) is 1. The van der Waals surface area contributed by atoms with Crippen LogP contribution in [-0.4, -0.2) is 59.3 Å². The van der Waals surface area contributed by atoms with Gasteiger partial charge in [-0.1, -0.05) is 45.1 Å². The first-order chi connectivity index (χ1) is 20.4. The van der Waals surface area contributed by atoms with Crippen LogP contribution in [0.4, 0.5) is 5.82 Å². The fourth-order valence-electron chi connectivity index (χ4n) is 5.93. The number of anilines is 1. The topological polar surface area (TPSA) is 123 Å². The number of likely N-dealkylation sites (tertiary alicyclic amines) is 1. The van der Waals surface area contributed by atoms with Gasteiger partial charge in [0.15, 0.2) is 5.78 Å². The summed E-state index contributed by atoms with van der Waals surface area (Å²) in [6.07, 6.45) is 8.08. The molecular weight excluding hydrogens is 610 g/mol. The predicted octanol–water partition coefficient (Wildman–Crippen LogP) is 5.47. The highest BCUT2D eigenvalue weighted by atomic mass is 79.9. The Morgan fingerprint density at radius 3 is 2.51 bits per heavy atom.